The summed E-state index contributed by atoms with van der Waals surface area (Å²) in [6.45, 7) is 0. The molecule has 3 rings (SSSR count). The van der Waals surface area contributed by atoms with Crippen LogP contribution in [0.3, 0.4) is 0 Å². The van der Waals surface area contributed by atoms with Crippen molar-refractivity contribution in [2.45, 2.75) is 18.3 Å². The van der Waals surface area contributed by atoms with Gasteiger partial charge in [-0.25, -0.2) is 0 Å². The second-order valence-corrected chi connectivity index (χ2v) is 4.30. The van der Waals surface area contributed by atoms with Crippen molar-refractivity contribution in [3.8, 4) is 0 Å². The molecule has 3 nitrogen and oxygen atoms in total. The van der Waals surface area contributed by atoms with E-state index in [9.17, 15) is 9.90 Å². The zero-order valence-corrected chi connectivity index (χ0v) is 8.68. The number of nitrogens with zero attached hydrogens (tertiary/aromatic N) is 1. The van der Waals surface area contributed by atoms with Gasteiger partial charge in [0.2, 0.25) is 0 Å². The standard InChI is InChI=1S/C13H11NO2/c15-12(16)13-5-6-14-10(8-13)7-9-3-1-2-4-11(9)13/h1-4,6-7H,5,8H2,(H,15,16). The Morgan fingerprint density at radius 3 is 3.00 bits per heavy atom. The van der Waals surface area contributed by atoms with Crippen LogP contribution in [0.5, 0.6) is 0 Å². The number of carboxylic acid groups (broad SMARTS) is 1. The number of hydrogen-bond donors (Lipinski definition) is 1. The zero-order valence-electron chi connectivity index (χ0n) is 8.68. The molecule has 1 N–H and O–H groups in total. The topological polar surface area (TPSA) is 49.7 Å². The van der Waals surface area contributed by atoms with Crippen molar-refractivity contribution in [2.24, 2.45) is 4.99 Å². The van der Waals surface area contributed by atoms with Gasteiger partial charge in [0, 0.05) is 24.8 Å². The highest BCUT2D eigenvalue weighted by molar-refractivity contribution is 5.90. The minimum absolute atomic E-state index is 0.483. The average molecular weight is 213 g/mol. The molecule has 2 bridgehead atoms. The van der Waals surface area contributed by atoms with Crippen LogP contribution in [0, 0.1) is 0 Å². The summed E-state index contributed by atoms with van der Waals surface area (Å²) in [6, 6.07) is 7.69. The summed E-state index contributed by atoms with van der Waals surface area (Å²) in [5.41, 5.74) is 1.98. The second kappa shape index (κ2) is 3.04. The summed E-state index contributed by atoms with van der Waals surface area (Å²) in [4.78, 5) is 15.8. The molecule has 16 heavy (non-hydrogen) atoms. The first-order chi connectivity index (χ1) is 7.72. The van der Waals surface area contributed by atoms with Crippen molar-refractivity contribution < 1.29 is 9.90 Å². The summed E-state index contributed by atoms with van der Waals surface area (Å²) < 4.78 is 0. The first-order valence-electron chi connectivity index (χ1n) is 5.28. The van der Waals surface area contributed by atoms with Crippen LogP contribution in [-0.2, 0) is 10.2 Å². The molecular weight excluding hydrogens is 202 g/mol. The van der Waals surface area contributed by atoms with E-state index in [1.54, 1.807) is 6.21 Å². The Balaban J connectivity index is 2.30. The molecule has 1 atom stereocenters. The van der Waals surface area contributed by atoms with Gasteiger partial charge in [-0.2, -0.15) is 0 Å². The Labute approximate surface area is 93.1 Å². The lowest BCUT2D eigenvalue weighted by Gasteiger charge is -2.35. The summed E-state index contributed by atoms with van der Waals surface area (Å²) in [7, 11) is 0. The highest BCUT2D eigenvalue weighted by atomic mass is 16.4. The third kappa shape index (κ3) is 1.08. The van der Waals surface area contributed by atoms with E-state index in [-0.39, 0.29) is 0 Å². The Hall–Kier alpha value is -1.90. The highest BCUT2D eigenvalue weighted by Gasteiger charge is 2.45. The van der Waals surface area contributed by atoms with Gasteiger partial charge in [0.15, 0.2) is 0 Å². The highest BCUT2D eigenvalue weighted by Crippen LogP contribution is 2.43. The largest absolute Gasteiger partial charge is 0.481 e. The maximum Gasteiger partial charge on any atom is 0.314 e. The maximum atomic E-state index is 11.6. The van der Waals surface area contributed by atoms with Crippen molar-refractivity contribution in [3.05, 3.63) is 41.1 Å². The molecule has 2 aliphatic rings. The van der Waals surface area contributed by atoms with Gasteiger partial charge in [-0.1, -0.05) is 24.3 Å². The molecule has 0 fully saturated rings. The Morgan fingerprint density at radius 2 is 2.19 bits per heavy atom. The molecule has 0 amide bonds. The van der Waals surface area contributed by atoms with Crippen LogP contribution in [0.1, 0.15) is 24.0 Å². The first kappa shape index (κ1) is 9.33. The van der Waals surface area contributed by atoms with Crippen LogP contribution >= 0.6 is 0 Å². The van der Waals surface area contributed by atoms with E-state index in [0.717, 1.165) is 16.8 Å². The predicted octanol–water partition coefficient (Wildman–Crippen LogP) is 2.23. The SMILES string of the molecule is O=C(O)C12CC=NC(=Cc3ccccc31)C2. The van der Waals surface area contributed by atoms with Crippen molar-refractivity contribution in [3.63, 3.8) is 0 Å². The van der Waals surface area contributed by atoms with Gasteiger partial charge in [0.05, 0.1) is 0 Å². The lowest BCUT2D eigenvalue weighted by molar-refractivity contribution is -0.143. The maximum absolute atomic E-state index is 11.6. The van der Waals surface area contributed by atoms with E-state index in [1.165, 1.54) is 0 Å². The van der Waals surface area contributed by atoms with Crippen LogP contribution in [-0.4, -0.2) is 17.3 Å². The van der Waals surface area contributed by atoms with Crippen LogP contribution in [0.25, 0.3) is 6.08 Å². The monoisotopic (exact) mass is 213 g/mol. The predicted molar refractivity (Wildman–Crippen MR) is 61.5 cm³/mol. The Morgan fingerprint density at radius 1 is 1.38 bits per heavy atom. The number of carboxylic acids is 1. The molecule has 1 aromatic carbocycles. The molecule has 0 saturated carbocycles. The molecule has 80 valence electrons. The zero-order chi connectivity index (χ0) is 11.2. The number of aliphatic carboxylic acids is 1. The number of rotatable bonds is 1. The quantitative estimate of drug-likeness (QED) is 0.777. The summed E-state index contributed by atoms with van der Waals surface area (Å²) in [5.74, 6) is -0.753. The first-order valence-corrected chi connectivity index (χ1v) is 5.28. The smallest absolute Gasteiger partial charge is 0.314 e. The lowest BCUT2D eigenvalue weighted by atomic mass is 9.68. The van der Waals surface area contributed by atoms with Gasteiger partial charge in [-0.15, -0.1) is 0 Å². The third-order valence-corrected chi connectivity index (χ3v) is 3.39. The fraction of sp³-hybridized carbons (Fsp3) is 0.231. The third-order valence-electron chi connectivity index (χ3n) is 3.39. The molecule has 0 saturated heterocycles. The number of hydrogen-bond acceptors (Lipinski definition) is 2. The van der Waals surface area contributed by atoms with Gasteiger partial charge in [0.1, 0.15) is 5.41 Å². The van der Waals surface area contributed by atoms with E-state index in [4.69, 9.17) is 0 Å². The van der Waals surface area contributed by atoms with Gasteiger partial charge in [-0.05, 0) is 17.2 Å². The number of aliphatic imine (C=N–C) groups is 1. The van der Waals surface area contributed by atoms with Gasteiger partial charge in [0.25, 0.3) is 0 Å². The molecule has 1 aromatic rings. The van der Waals surface area contributed by atoms with Crippen LogP contribution < -0.4 is 0 Å². The fourth-order valence-electron chi connectivity index (χ4n) is 2.56. The van der Waals surface area contributed by atoms with E-state index in [1.807, 2.05) is 30.3 Å². The molecule has 1 aliphatic heterocycles. The molecule has 3 heteroatoms. The minimum Gasteiger partial charge on any atom is -0.481 e. The molecule has 1 heterocycles. The minimum atomic E-state index is -0.789. The lowest BCUT2D eigenvalue weighted by Crippen LogP contribution is -2.40. The van der Waals surface area contributed by atoms with Gasteiger partial charge < -0.3 is 5.11 Å². The molecule has 1 aliphatic carbocycles. The van der Waals surface area contributed by atoms with Gasteiger partial charge >= 0.3 is 5.97 Å². The van der Waals surface area contributed by atoms with E-state index >= 15 is 0 Å². The number of carbonyl (C=O) groups is 1. The number of benzene rings is 1. The average Bonchev–Trinajstić information content (AvgIpc) is 2.29. The van der Waals surface area contributed by atoms with Crippen LogP contribution in [0.4, 0.5) is 0 Å². The summed E-state index contributed by atoms with van der Waals surface area (Å²) in [5, 5.41) is 9.50. The van der Waals surface area contributed by atoms with Crippen molar-refractivity contribution >= 4 is 18.3 Å². The van der Waals surface area contributed by atoms with E-state index < -0.39 is 11.4 Å². The number of allylic oxidation sites excluding steroid dienone is 1. The molecular formula is C13H11NO2. The molecule has 0 radical (unpaired) electrons. The molecule has 1 unspecified atom stereocenters. The van der Waals surface area contributed by atoms with Crippen molar-refractivity contribution in [2.75, 3.05) is 0 Å². The van der Waals surface area contributed by atoms with Crippen molar-refractivity contribution in [1.82, 2.24) is 0 Å². The molecule has 0 spiro atoms. The summed E-state index contributed by atoms with van der Waals surface area (Å²) in [6.07, 6.45) is 4.69. The van der Waals surface area contributed by atoms with Crippen LogP contribution in [0.2, 0.25) is 0 Å². The Kier molecular flexibility index (Phi) is 1.78. The van der Waals surface area contributed by atoms with Crippen LogP contribution in [0.15, 0.2) is 35.0 Å². The molecule has 0 aromatic heterocycles. The second-order valence-electron chi connectivity index (χ2n) is 4.30. The van der Waals surface area contributed by atoms with Crippen molar-refractivity contribution in [1.29, 1.82) is 0 Å². The normalized spacial score (nSPS) is 25.9. The van der Waals surface area contributed by atoms with E-state index in [0.29, 0.717) is 12.8 Å². The number of fused-ring (bicyclic) bond motifs is 4. The Bertz CT molecular complexity index is 530. The summed E-state index contributed by atoms with van der Waals surface area (Å²) >= 11 is 0. The fourth-order valence-corrected chi connectivity index (χ4v) is 2.56. The van der Waals surface area contributed by atoms with Gasteiger partial charge in [-0.3, -0.25) is 9.79 Å². The van der Waals surface area contributed by atoms with E-state index in [2.05, 4.69) is 4.99 Å².